The molecule has 2 aliphatic rings. The maximum Gasteiger partial charge on any atom is 0.223 e. The SMILES string of the molecule is CC1c2ccsc2CCN1C(=O)CCC1CCNCC1. The molecular formula is C16H24N2OS. The van der Waals surface area contributed by atoms with Crippen LogP contribution in [0.5, 0.6) is 0 Å². The van der Waals surface area contributed by atoms with E-state index in [9.17, 15) is 4.79 Å². The summed E-state index contributed by atoms with van der Waals surface area (Å²) >= 11 is 1.83. The third kappa shape index (κ3) is 2.91. The highest BCUT2D eigenvalue weighted by molar-refractivity contribution is 7.10. The number of amides is 1. The maximum absolute atomic E-state index is 12.5. The minimum atomic E-state index is 0.269. The standard InChI is InChI=1S/C16H24N2OS/c1-12-14-7-11-20-15(14)6-10-18(12)16(19)3-2-13-4-8-17-9-5-13/h7,11-13,17H,2-6,8-10H2,1H3. The molecule has 0 radical (unpaired) electrons. The molecule has 3 nitrogen and oxygen atoms in total. The lowest BCUT2D eigenvalue weighted by molar-refractivity contribution is -0.134. The van der Waals surface area contributed by atoms with Crippen molar-refractivity contribution in [1.29, 1.82) is 0 Å². The molecule has 1 fully saturated rings. The van der Waals surface area contributed by atoms with Crippen molar-refractivity contribution in [2.45, 2.75) is 45.1 Å². The third-order valence-electron chi connectivity index (χ3n) is 4.82. The molecule has 1 unspecified atom stereocenters. The van der Waals surface area contributed by atoms with Crippen molar-refractivity contribution in [3.8, 4) is 0 Å². The fourth-order valence-corrected chi connectivity index (χ4v) is 4.45. The van der Waals surface area contributed by atoms with Gasteiger partial charge < -0.3 is 10.2 Å². The lowest BCUT2D eigenvalue weighted by Crippen LogP contribution is -2.38. The van der Waals surface area contributed by atoms with Gasteiger partial charge in [-0.25, -0.2) is 0 Å². The fraction of sp³-hybridized carbons (Fsp3) is 0.688. The van der Waals surface area contributed by atoms with Crippen molar-refractivity contribution in [3.05, 3.63) is 21.9 Å². The van der Waals surface area contributed by atoms with E-state index in [1.165, 1.54) is 23.3 Å². The highest BCUT2D eigenvalue weighted by atomic mass is 32.1. The van der Waals surface area contributed by atoms with E-state index >= 15 is 0 Å². The second-order valence-electron chi connectivity index (χ2n) is 6.04. The number of carbonyl (C=O) groups excluding carboxylic acids is 1. The molecule has 20 heavy (non-hydrogen) atoms. The summed E-state index contributed by atoms with van der Waals surface area (Å²) in [6.45, 7) is 5.32. The summed E-state index contributed by atoms with van der Waals surface area (Å²) in [4.78, 5) is 16.1. The van der Waals surface area contributed by atoms with Gasteiger partial charge in [-0.15, -0.1) is 11.3 Å². The van der Waals surface area contributed by atoms with Gasteiger partial charge in [0.2, 0.25) is 5.91 Å². The van der Waals surface area contributed by atoms with Gasteiger partial charge in [0.15, 0.2) is 0 Å². The Morgan fingerprint density at radius 1 is 1.45 bits per heavy atom. The van der Waals surface area contributed by atoms with Gasteiger partial charge in [-0.2, -0.15) is 0 Å². The lowest BCUT2D eigenvalue weighted by Gasteiger charge is -2.34. The number of nitrogens with one attached hydrogen (secondary N) is 1. The Kier molecular flexibility index (Phi) is 4.41. The molecule has 110 valence electrons. The Hall–Kier alpha value is -0.870. The van der Waals surface area contributed by atoms with Gasteiger partial charge in [-0.05, 0) is 68.6 Å². The van der Waals surface area contributed by atoms with Gasteiger partial charge in [0.1, 0.15) is 0 Å². The zero-order chi connectivity index (χ0) is 13.9. The van der Waals surface area contributed by atoms with Crippen LogP contribution in [0.25, 0.3) is 0 Å². The van der Waals surface area contributed by atoms with Crippen molar-refractivity contribution in [3.63, 3.8) is 0 Å². The van der Waals surface area contributed by atoms with E-state index in [2.05, 4.69) is 28.6 Å². The summed E-state index contributed by atoms with van der Waals surface area (Å²) in [5.41, 5.74) is 1.37. The van der Waals surface area contributed by atoms with Crippen molar-refractivity contribution >= 4 is 17.2 Å². The van der Waals surface area contributed by atoms with Gasteiger partial charge in [0, 0.05) is 17.8 Å². The molecule has 1 aromatic heterocycles. The minimum absolute atomic E-state index is 0.269. The second-order valence-corrected chi connectivity index (χ2v) is 7.04. The van der Waals surface area contributed by atoms with Crippen LogP contribution < -0.4 is 5.32 Å². The third-order valence-corrected chi connectivity index (χ3v) is 5.82. The van der Waals surface area contributed by atoms with Crippen LogP contribution in [-0.2, 0) is 11.2 Å². The number of fused-ring (bicyclic) bond motifs is 1. The van der Waals surface area contributed by atoms with Crippen molar-refractivity contribution < 1.29 is 4.79 Å². The molecule has 1 aromatic rings. The molecule has 1 amide bonds. The van der Waals surface area contributed by atoms with E-state index in [1.54, 1.807) is 0 Å². The zero-order valence-electron chi connectivity index (χ0n) is 12.2. The Bertz CT molecular complexity index is 465. The summed E-state index contributed by atoms with van der Waals surface area (Å²) in [5.74, 6) is 1.10. The topological polar surface area (TPSA) is 32.3 Å². The van der Waals surface area contributed by atoms with Gasteiger partial charge in [0.05, 0.1) is 6.04 Å². The largest absolute Gasteiger partial charge is 0.336 e. The first-order chi connectivity index (χ1) is 9.75. The Morgan fingerprint density at radius 3 is 3.05 bits per heavy atom. The van der Waals surface area contributed by atoms with Crippen molar-refractivity contribution in [1.82, 2.24) is 10.2 Å². The predicted molar refractivity (Wildman–Crippen MR) is 83.0 cm³/mol. The number of hydrogen-bond donors (Lipinski definition) is 1. The number of nitrogens with zero attached hydrogens (tertiary/aromatic N) is 1. The predicted octanol–water partition coefficient (Wildman–Crippen LogP) is 2.97. The van der Waals surface area contributed by atoms with Crippen LogP contribution in [-0.4, -0.2) is 30.4 Å². The van der Waals surface area contributed by atoms with E-state index in [4.69, 9.17) is 0 Å². The van der Waals surface area contributed by atoms with Crippen LogP contribution in [0.4, 0.5) is 0 Å². The van der Waals surface area contributed by atoms with E-state index in [1.807, 2.05) is 11.3 Å². The second kappa shape index (κ2) is 6.27. The molecule has 0 aliphatic carbocycles. The molecule has 1 atom stereocenters. The van der Waals surface area contributed by atoms with E-state index in [-0.39, 0.29) is 6.04 Å². The Labute approximate surface area is 125 Å². The molecule has 0 spiro atoms. The zero-order valence-corrected chi connectivity index (χ0v) is 13.0. The Morgan fingerprint density at radius 2 is 2.25 bits per heavy atom. The number of hydrogen-bond acceptors (Lipinski definition) is 3. The summed E-state index contributed by atoms with van der Waals surface area (Å²) in [6, 6.07) is 2.46. The van der Waals surface area contributed by atoms with Gasteiger partial charge in [-0.3, -0.25) is 4.79 Å². The molecule has 0 aromatic carbocycles. The summed E-state index contributed by atoms with van der Waals surface area (Å²) in [7, 11) is 0. The number of carbonyl (C=O) groups is 1. The molecular weight excluding hydrogens is 268 g/mol. The smallest absolute Gasteiger partial charge is 0.223 e. The van der Waals surface area contributed by atoms with Crippen molar-refractivity contribution in [2.75, 3.05) is 19.6 Å². The van der Waals surface area contributed by atoms with E-state index < -0.39 is 0 Å². The highest BCUT2D eigenvalue weighted by Crippen LogP contribution is 2.33. The number of rotatable bonds is 3. The first-order valence-corrected chi connectivity index (χ1v) is 8.70. The van der Waals surface area contributed by atoms with Crippen molar-refractivity contribution in [2.24, 2.45) is 5.92 Å². The molecule has 3 rings (SSSR count). The van der Waals surface area contributed by atoms with Gasteiger partial charge in [-0.1, -0.05) is 0 Å². The maximum atomic E-state index is 12.5. The number of piperidine rings is 1. The Balaban J connectivity index is 1.55. The van der Waals surface area contributed by atoms with Crippen LogP contribution in [0.3, 0.4) is 0 Å². The van der Waals surface area contributed by atoms with Crippen LogP contribution >= 0.6 is 11.3 Å². The fourth-order valence-electron chi connectivity index (χ4n) is 3.49. The minimum Gasteiger partial charge on any atom is -0.336 e. The van der Waals surface area contributed by atoms with Crippen LogP contribution in [0.15, 0.2) is 11.4 Å². The van der Waals surface area contributed by atoms with Crippen LogP contribution in [0.2, 0.25) is 0 Å². The quantitative estimate of drug-likeness (QED) is 0.929. The summed E-state index contributed by atoms with van der Waals surface area (Å²) in [6.07, 6.45) is 5.31. The molecule has 2 aliphatic heterocycles. The average molecular weight is 292 g/mol. The molecule has 0 saturated carbocycles. The normalized spacial score (nSPS) is 23.6. The molecule has 4 heteroatoms. The average Bonchev–Trinajstić information content (AvgIpc) is 2.96. The van der Waals surface area contributed by atoms with Crippen LogP contribution in [0, 0.1) is 5.92 Å². The van der Waals surface area contributed by atoms with E-state index in [0.29, 0.717) is 5.91 Å². The summed E-state index contributed by atoms with van der Waals surface area (Å²) in [5, 5.41) is 5.54. The highest BCUT2D eigenvalue weighted by Gasteiger charge is 2.28. The van der Waals surface area contributed by atoms with Gasteiger partial charge in [0.25, 0.3) is 0 Å². The molecule has 1 saturated heterocycles. The first kappa shape index (κ1) is 14.1. The number of thiophene rings is 1. The van der Waals surface area contributed by atoms with Crippen LogP contribution in [0.1, 0.15) is 49.1 Å². The van der Waals surface area contributed by atoms with Gasteiger partial charge >= 0.3 is 0 Å². The lowest BCUT2D eigenvalue weighted by atomic mass is 9.92. The summed E-state index contributed by atoms with van der Waals surface area (Å²) < 4.78 is 0. The molecule has 1 N–H and O–H groups in total. The monoisotopic (exact) mass is 292 g/mol. The molecule has 0 bridgehead atoms. The molecule has 3 heterocycles. The van der Waals surface area contributed by atoms with E-state index in [0.717, 1.165) is 44.8 Å². The first-order valence-electron chi connectivity index (χ1n) is 7.82.